The van der Waals surface area contributed by atoms with Crippen LogP contribution in [0.5, 0.6) is 0 Å². The summed E-state index contributed by atoms with van der Waals surface area (Å²) in [5.74, 6) is 0.159. The van der Waals surface area contributed by atoms with E-state index in [2.05, 4.69) is 31.0 Å². The Labute approximate surface area is 126 Å². The van der Waals surface area contributed by atoms with Crippen molar-refractivity contribution in [2.75, 3.05) is 5.73 Å². The van der Waals surface area contributed by atoms with Gasteiger partial charge in [-0.25, -0.2) is 0 Å². The van der Waals surface area contributed by atoms with E-state index in [0.29, 0.717) is 10.7 Å². The van der Waals surface area contributed by atoms with Crippen LogP contribution in [0.3, 0.4) is 0 Å². The van der Waals surface area contributed by atoms with E-state index in [1.54, 1.807) is 30.6 Å². The average Bonchev–Trinajstić information content (AvgIpc) is 3.05. The molecule has 8 heteroatoms. The summed E-state index contributed by atoms with van der Waals surface area (Å²) in [5.41, 5.74) is 6.52. The Bertz CT molecular complexity index is 767. The highest BCUT2D eigenvalue weighted by Crippen LogP contribution is 2.22. The normalized spacial score (nSPS) is 10.7. The molecule has 0 spiro atoms. The standard InChI is InChI=1S/C12H8BrN5OS/c13-8-5-9(20-6-8)11(19)18-12(14)16-10(17-18)7-1-3-15-4-2-7/h1-6H,(H2,14,16,17). The Morgan fingerprint density at radius 1 is 1.35 bits per heavy atom. The van der Waals surface area contributed by atoms with Gasteiger partial charge in [-0.1, -0.05) is 0 Å². The number of halogens is 1. The number of thiophene rings is 1. The van der Waals surface area contributed by atoms with Crippen molar-refractivity contribution in [3.8, 4) is 11.4 Å². The fourth-order valence-corrected chi connectivity index (χ4v) is 2.98. The molecule has 0 aromatic carbocycles. The van der Waals surface area contributed by atoms with Crippen molar-refractivity contribution in [3.05, 3.63) is 45.3 Å². The average molecular weight is 350 g/mol. The van der Waals surface area contributed by atoms with Gasteiger partial charge in [0.2, 0.25) is 5.95 Å². The van der Waals surface area contributed by atoms with Crippen molar-refractivity contribution in [1.82, 2.24) is 19.7 Å². The van der Waals surface area contributed by atoms with Gasteiger partial charge in [0, 0.05) is 27.8 Å². The number of hydrogen-bond donors (Lipinski definition) is 1. The molecular weight excluding hydrogens is 342 g/mol. The minimum Gasteiger partial charge on any atom is -0.368 e. The smallest absolute Gasteiger partial charge is 0.291 e. The number of anilines is 1. The summed E-state index contributed by atoms with van der Waals surface area (Å²) in [6, 6.07) is 5.23. The summed E-state index contributed by atoms with van der Waals surface area (Å²) >= 11 is 4.62. The Kier molecular flexibility index (Phi) is 3.33. The van der Waals surface area contributed by atoms with Crippen molar-refractivity contribution < 1.29 is 4.79 Å². The summed E-state index contributed by atoms with van der Waals surface area (Å²) < 4.78 is 1.95. The van der Waals surface area contributed by atoms with E-state index in [0.717, 1.165) is 14.7 Å². The van der Waals surface area contributed by atoms with E-state index in [9.17, 15) is 4.79 Å². The largest absolute Gasteiger partial charge is 0.368 e. The monoisotopic (exact) mass is 349 g/mol. The van der Waals surface area contributed by atoms with Gasteiger partial charge < -0.3 is 5.73 Å². The topological polar surface area (TPSA) is 86.7 Å². The molecule has 0 bridgehead atoms. The maximum atomic E-state index is 12.3. The van der Waals surface area contributed by atoms with E-state index in [1.807, 2.05) is 5.38 Å². The van der Waals surface area contributed by atoms with Gasteiger partial charge in [-0.3, -0.25) is 9.78 Å². The highest BCUT2D eigenvalue weighted by molar-refractivity contribution is 9.10. The van der Waals surface area contributed by atoms with Crippen LogP contribution < -0.4 is 5.73 Å². The van der Waals surface area contributed by atoms with Gasteiger partial charge in [-0.05, 0) is 34.1 Å². The van der Waals surface area contributed by atoms with E-state index < -0.39 is 0 Å². The van der Waals surface area contributed by atoms with Crippen molar-refractivity contribution >= 4 is 39.1 Å². The summed E-state index contributed by atoms with van der Waals surface area (Å²) in [4.78, 5) is 20.8. The summed E-state index contributed by atoms with van der Waals surface area (Å²) in [6.45, 7) is 0. The quantitative estimate of drug-likeness (QED) is 0.767. The van der Waals surface area contributed by atoms with Crippen LogP contribution in [0.2, 0.25) is 0 Å². The van der Waals surface area contributed by atoms with Gasteiger partial charge in [0.05, 0.1) is 4.88 Å². The first kappa shape index (κ1) is 12.9. The van der Waals surface area contributed by atoms with E-state index in [4.69, 9.17) is 5.73 Å². The molecule has 0 aliphatic carbocycles. The van der Waals surface area contributed by atoms with Crippen molar-refractivity contribution in [2.24, 2.45) is 0 Å². The number of hydrogen-bond acceptors (Lipinski definition) is 6. The Balaban J connectivity index is 1.99. The molecular formula is C12H8BrN5OS. The molecule has 2 N–H and O–H groups in total. The number of nitrogens with two attached hydrogens (primary N) is 1. The summed E-state index contributed by atoms with van der Waals surface area (Å²) in [5, 5.41) is 5.98. The number of carbonyl (C=O) groups is 1. The van der Waals surface area contributed by atoms with Crippen LogP contribution in [0.1, 0.15) is 9.67 Å². The van der Waals surface area contributed by atoms with Crippen LogP contribution in [0.4, 0.5) is 5.95 Å². The van der Waals surface area contributed by atoms with Crippen molar-refractivity contribution in [2.45, 2.75) is 0 Å². The highest BCUT2D eigenvalue weighted by Gasteiger charge is 2.18. The van der Waals surface area contributed by atoms with E-state index >= 15 is 0 Å². The third-order valence-corrected chi connectivity index (χ3v) is 4.22. The predicted octanol–water partition coefficient (Wildman–Crippen LogP) is 2.43. The molecule has 6 nitrogen and oxygen atoms in total. The number of pyridine rings is 1. The molecule has 0 saturated heterocycles. The minimum atomic E-state index is -0.300. The third-order valence-electron chi connectivity index (χ3n) is 2.54. The third kappa shape index (κ3) is 2.35. The second-order valence-corrected chi connectivity index (χ2v) is 5.70. The lowest BCUT2D eigenvalue weighted by molar-refractivity contribution is 0.0952. The molecule has 0 unspecified atom stereocenters. The molecule has 3 aromatic rings. The Morgan fingerprint density at radius 2 is 2.10 bits per heavy atom. The molecule has 20 heavy (non-hydrogen) atoms. The fourth-order valence-electron chi connectivity index (χ4n) is 1.63. The van der Waals surface area contributed by atoms with Crippen molar-refractivity contribution in [3.63, 3.8) is 0 Å². The van der Waals surface area contributed by atoms with Crippen LogP contribution >= 0.6 is 27.3 Å². The fraction of sp³-hybridized carbons (Fsp3) is 0. The zero-order valence-electron chi connectivity index (χ0n) is 10.0. The maximum Gasteiger partial charge on any atom is 0.291 e. The molecule has 100 valence electrons. The van der Waals surface area contributed by atoms with Gasteiger partial charge >= 0.3 is 0 Å². The van der Waals surface area contributed by atoms with E-state index in [-0.39, 0.29) is 11.9 Å². The van der Waals surface area contributed by atoms with Crippen LogP contribution in [0, 0.1) is 0 Å². The SMILES string of the molecule is Nc1nc(-c2ccncc2)nn1C(=O)c1cc(Br)cs1. The molecule has 0 aliphatic heterocycles. The second-order valence-electron chi connectivity index (χ2n) is 3.88. The molecule has 0 saturated carbocycles. The molecule has 0 fully saturated rings. The summed E-state index contributed by atoms with van der Waals surface area (Å²) in [6.07, 6.45) is 3.26. The van der Waals surface area contributed by atoms with Gasteiger partial charge in [0.25, 0.3) is 5.91 Å². The minimum absolute atomic E-state index is 0.0614. The maximum absolute atomic E-state index is 12.3. The molecule has 3 aromatic heterocycles. The number of nitrogen functional groups attached to an aromatic ring is 1. The lowest BCUT2D eigenvalue weighted by Gasteiger charge is -1.97. The lowest BCUT2D eigenvalue weighted by atomic mass is 10.3. The van der Waals surface area contributed by atoms with Gasteiger partial charge in [-0.2, -0.15) is 9.67 Å². The van der Waals surface area contributed by atoms with Crippen molar-refractivity contribution in [1.29, 1.82) is 0 Å². The van der Waals surface area contributed by atoms with Crippen LogP contribution in [-0.2, 0) is 0 Å². The molecule has 3 rings (SSSR count). The number of aromatic nitrogens is 4. The summed E-state index contributed by atoms with van der Waals surface area (Å²) in [7, 11) is 0. The number of rotatable bonds is 2. The lowest BCUT2D eigenvalue weighted by Crippen LogP contribution is -2.15. The first-order chi connectivity index (χ1) is 9.65. The zero-order chi connectivity index (χ0) is 14.1. The van der Waals surface area contributed by atoms with E-state index in [1.165, 1.54) is 11.3 Å². The van der Waals surface area contributed by atoms with Gasteiger partial charge in [-0.15, -0.1) is 16.4 Å². The van der Waals surface area contributed by atoms with Crippen LogP contribution in [0.15, 0.2) is 40.4 Å². The second kappa shape index (κ2) is 5.14. The van der Waals surface area contributed by atoms with Crippen LogP contribution in [-0.4, -0.2) is 25.7 Å². The van der Waals surface area contributed by atoms with Crippen LogP contribution in [0.25, 0.3) is 11.4 Å². The Hall–Kier alpha value is -2.06. The number of carbonyl (C=O) groups excluding carboxylic acids is 1. The Morgan fingerprint density at radius 3 is 2.75 bits per heavy atom. The predicted molar refractivity (Wildman–Crippen MR) is 79.4 cm³/mol. The molecule has 3 heterocycles. The van der Waals surface area contributed by atoms with Gasteiger partial charge in [0.15, 0.2) is 5.82 Å². The molecule has 0 atom stereocenters. The molecule has 0 aliphatic rings. The molecule has 0 amide bonds. The van der Waals surface area contributed by atoms with Gasteiger partial charge in [0.1, 0.15) is 0 Å². The highest BCUT2D eigenvalue weighted by atomic mass is 79.9. The first-order valence-electron chi connectivity index (χ1n) is 5.57. The number of nitrogens with zero attached hydrogens (tertiary/aromatic N) is 4. The molecule has 0 radical (unpaired) electrons. The first-order valence-corrected chi connectivity index (χ1v) is 7.24. The zero-order valence-corrected chi connectivity index (χ0v) is 12.4.